The molecule has 0 fully saturated rings. The fraction of sp³-hybridized carbons (Fsp3) is 0.105. The third-order valence-electron chi connectivity index (χ3n) is 3.86. The quantitative estimate of drug-likeness (QED) is 0.548. The van der Waals surface area contributed by atoms with Crippen LogP contribution in [0.1, 0.15) is 27.2 Å². The summed E-state index contributed by atoms with van der Waals surface area (Å²) in [5, 5.41) is 7.24. The highest BCUT2D eigenvalue weighted by Crippen LogP contribution is 2.14. The van der Waals surface area contributed by atoms with Crippen LogP contribution in [-0.2, 0) is 0 Å². The summed E-state index contributed by atoms with van der Waals surface area (Å²) in [4.78, 5) is 24.7. The van der Waals surface area contributed by atoms with E-state index in [0.717, 1.165) is 11.3 Å². The van der Waals surface area contributed by atoms with Gasteiger partial charge in [0.2, 0.25) is 0 Å². The highest BCUT2D eigenvalue weighted by atomic mass is 35.5. The van der Waals surface area contributed by atoms with E-state index in [0.29, 0.717) is 21.8 Å². The number of H-pyrrole nitrogens is 1. The zero-order chi connectivity index (χ0) is 18.7. The van der Waals surface area contributed by atoms with E-state index in [2.05, 4.69) is 15.6 Å². The molecule has 2 aromatic carbocycles. The highest BCUT2D eigenvalue weighted by Gasteiger charge is 2.12. The van der Waals surface area contributed by atoms with Crippen molar-refractivity contribution in [3.8, 4) is 5.69 Å². The predicted octanol–water partition coefficient (Wildman–Crippen LogP) is 3.20. The summed E-state index contributed by atoms with van der Waals surface area (Å²) >= 11 is 5.98. The number of halogens is 1. The molecule has 132 valence electrons. The summed E-state index contributed by atoms with van der Waals surface area (Å²) in [5.41, 5.74) is 5.24. The third-order valence-corrected chi connectivity index (χ3v) is 4.18. The molecule has 0 saturated carbocycles. The smallest absolute Gasteiger partial charge is 0.280 e. The first-order valence-corrected chi connectivity index (χ1v) is 8.32. The van der Waals surface area contributed by atoms with Gasteiger partial charge in [-0.25, -0.2) is 10.1 Å². The molecule has 1 amide bonds. The Balaban J connectivity index is 1.83. The highest BCUT2D eigenvalue weighted by molar-refractivity contribution is 6.33. The van der Waals surface area contributed by atoms with Gasteiger partial charge < -0.3 is 0 Å². The molecule has 7 heteroatoms. The third kappa shape index (κ3) is 3.60. The lowest BCUT2D eigenvalue weighted by Crippen LogP contribution is -2.20. The molecule has 0 saturated heterocycles. The Hall–Kier alpha value is -3.12. The average molecular weight is 369 g/mol. The van der Waals surface area contributed by atoms with E-state index < -0.39 is 5.91 Å². The summed E-state index contributed by atoms with van der Waals surface area (Å²) in [6.07, 6.45) is 1.33. The fourth-order valence-electron chi connectivity index (χ4n) is 2.52. The number of aromatic nitrogens is 2. The van der Waals surface area contributed by atoms with Crippen molar-refractivity contribution in [1.82, 2.24) is 15.2 Å². The molecule has 1 heterocycles. The van der Waals surface area contributed by atoms with Gasteiger partial charge in [-0.3, -0.25) is 14.7 Å². The predicted molar refractivity (Wildman–Crippen MR) is 102 cm³/mol. The molecule has 0 spiro atoms. The molecule has 0 aliphatic carbocycles. The molecule has 26 heavy (non-hydrogen) atoms. The molecule has 0 unspecified atom stereocenters. The number of aryl methyl sites for hydroxylation is 2. The van der Waals surface area contributed by atoms with Gasteiger partial charge in [-0.15, -0.1) is 0 Å². The second-order valence-corrected chi connectivity index (χ2v) is 6.22. The summed E-state index contributed by atoms with van der Waals surface area (Å²) < 4.78 is 1.44. The number of hydrogen-bond acceptors (Lipinski definition) is 3. The maximum absolute atomic E-state index is 12.6. The average Bonchev–Trinajstić information content (AvgIpc) is 2.90. The summed E-state index contributed by atoms with van der Waals surface area (Å²) in [5.74, 6) is -0.445. The molecule has 3 aromatic rings. The van der Waals surface area contributed by atoms with Crippen LogP contribution in [0.25, 0.3) is 5.69 Å². The summed E-state index contributed by atoms with van der Waals surface area (Å²) in [6.45, 7) is 3.72. The first kappa shape index (κ1) is 17.7. The maximum Gasteiger partial charge on any atom is 0.280 e. The van der Waals surface area contributed by atoms with Crippen molar-refractivity contribution in [3.05, 3.63) is 86.3 Å². The van der Waals surface area contributed by atoms with Crippen molar-refractivity contribution < 1.29 is 4.79 Å². The lowest BCUT2D eigenvalue weighted by atomic mass is 10.2. The van der Waals surface area contributed by atoms with Gasteiger partial charge >= 0.3 is 0 Å². The van der Waals surface area contributed by atoms with Crippen molar-refractivity contribution in [3.63, 3.8) is 0 Å². The van der Waals surface area contributed by atoms with Crippen molar-refractivity contribution >= 4 is 23.7 Å². The normalized spacial score (nSPS) is 11.0. The van der Waals surface area contributed by atoms with Crippen LogP contribution in [-0.4, -0.2) is 21.9 Å². The molecule has 0 aliphatic heterocycles. The summed E-state index contributed by atoms with van der Waals surface area (Å²) in [7, 11) is 0. The van der Waals surface area contributed by atoms with Crippen LogP contribution < -0.4 is 11.0 Å². The first-order valence-electron chi connectivity index (χ1n) is 7.94. The first-order chi connectivity index (χ1) is 12.5. The maximum atomic E-state index is 12.6. The monoisotopic (exact) mass is 368 g/mol. The molecule has 0 atom stereocenters. The number of nitrogens with zero attached hydrogens (tertiary/aromatic N) is 2. The second-order valence-electron chi connectivity index (χ2n) is 5.81. The molecule has 6 nitrogen and oxygen atoms in total. The Morgan fingerprint density at radius 1 is 1.19 bits per heavy atom. The number of benzene rings is 2. The van der Waals surface area contributed by atoms with E-state index in [-0.39, 0.29) is 5.56 Å². The summed E-state index contributed by atoms with van der Waals surface area (Å²) in [6, 6.07) is 14.2. The van der Waals surface area contributed by atoms with Crippen LogP contribution in [0.2, 0.25) is 5.02 Å². The molecule has 3 rings (SSSR count). The van der Waals surface area contributed by atoms with Crippen LogP contribution in [0.4, 0.5) is 0 Å². The van der Waals surface area contributed by atoms with Crippen molar-refractivity contribution in [2.75, 3.05) is 0 Å². The van der Waals surface area contributed by atoms with Crippen molar-refractivity contribution in [1.29, 1.82) is 0 Å². The number of aromatic amines is 1. The van der Waals surface area contributed by atoms with E-state index in [1.165, 1.54) is 10.9 Å². The van der Waals surface area contributed by atoms with Gasteiger partial charge in [0.25, 0.3) is 11.5 Å². The fourth-order valence-corrected chi connectivity index (χ4v) is 2.74. The minimum absolute atomic E-state index is 0.246. The Labute approximate surface area is 155 Å². The van der Waals surface area contributed by atoms with Crippen LogP contribution in [0, 0.1) is 13.8 Å². The SMILES string of the molecule is Cc1cccc(-n2[nH]c(C)c(C=NNC(=O)c3ccccc3Cl)c2=O)c1. The number of hydrazone groups is 1. The topological polar surface area (TPSA) is 79.2 Å². The minimum atomic E-state index is -0.445. The van der Waals surface area contributed by atoms with E-state index in [1.54, 1.807) is 31.2 Å². The van der Waals surface area contributed by atoms with Gasteiger partial charge in [-0.1, -0.05) is 35.9 Å². The zero-order valence-electron chi connectivity index (χ0n) is 14.3. The molecule has 2 N–H and O–H groups in total. The van der Waals surface area contributed by atoms with Gasteiger partial charge in [-0.05, 0) is 43.7 Å². The minimum Gasteiger partial charge on any atom is -0.295 e. The van der Waals surface area contributed by atoms with E-state index in [4.69, 9.17) is 11.6 Å². The van der Waals surface area contributed by atoms with Crippen LogP contribution in [0.3, 0.4) is 0 Å². The number of carbonyl (C=O) groups excluding carboxylic acids is 1. The Morgan fingerprint density at radius 3 is 2.69 bits per heavy atom. The number of hydrogen-bond donors (Lipinski definition) is 2. The molecular formula is C19H17ClN4O2. The standard InChI is InChI=1S/C19H17ClN4O2/c1-12-6-5-7-14(10-12)24-19(26)16(13(2)23-24)11-21-22-18(25)15-8-3-4-9-17(15)20/h3-11,23H,1-2H3,(H,22,25). The van der Waals surface area contributed by atoms with Gasteiger partial charge in [-0.2, -0.15) is 5.10 Å². The van der Waals surface area contributed by atoms with Crippen LogP contribution in [0.15, 0.2) is 58.4 Å². The van der Waals surface area contributed by atoms with Gasteiger partial charge in [0.05, 0.1) is 28.1 Å². The van der Waals surface area contributed by atoms with Gasteiger partial charge in [0.1, 0.15) is 0 Å². The van der Waals surface area contributed by atoms with Crippen LogP contribution >= 0.6 is 11.6 Å². The molecule has 1 aromatic heterocycles. The van der Waals surface area contributed by atoms with E-state index in [9.17, 15) is 9.59 Å². The second kappa shape index (κ2) is 7.41. The Morgan fingerprint density at radius 2 is 1.96 bits per heavy atom. The number of amides is 1. The molecular weight excluding hydrogens is 352 g/mol. The Bertz CT molecular complexity index is 1050. The van der Waals surface area contributed by atoms with Gasteiger partial charge in [0.15, 0.2) is 0 Å². The van der Waals surface area contributed by atoms with E-state index >= 15 is 0 Å². The lowest BCUT2D eigenvalue weighted by Gasteiger charge is -2.02. The molecule has 0 radical (unpaired) electrons. The number of carbonyl (C=O) groups is 1. The largest absolute Gasteiger partial charge is 0.295 e. The van der Waals surface area contributed by atoms with Crippen molar-refractivity contribution in [2.45, 2.75) is 13.8 Å². The van der Waals surface area contributed by atoms with Crippen LogP contribution in [0.5, 0.6) is 0 Å². The Kier molecular flexibility index (Phi) is 5.04. The van der Waals surface area contributed by atoms with Crippen molar-refractivity contribution in [2.24, 2.45) is 5.10 Å². The molecule has 0 aliphatic rings. The molecule has 0 bridgehead atoms. The number of nitrogens with one attached hydrogen (secondary N) is 2. The van der Waals surface area contributed by atoms with E-state index in [1.807, 2.05) is 31.2 Å². The number of rotatable bonds is 4. The zero-order valence-corrected chi connectivity index (χ0v) is 15.0. The lowest BCUT2D eigenvalue weighted by molar-refractivity contribution is 0.0955. The van der Waals surface area contributed by atoms with Gasteiger partial charge in [0, 0.05) is 5.69 Å².